The van der Waals surface area contributed by atoms with Gasteiger partial charge in [-0.1, -0.05) is 23.5 Å². The third-order valence-corrected chi connectivity index (χ3v) is 5.87. The largest absolute Gasteiger partial charge is 0.468 e. The number of hydrogen-bond acceptors (Lipinski definition) is 5. The van der Waals surface area contributed by atoms with Gasteiger partial charge in [0.05, 0.1) is 22.2 Å². The summed E-state index contributed by atoms with van der Waals surface area (Å²) in [4.78, 5) is 11.7. The van der Waals surface area contributed by atoms with Crippen LogP contribution in [0.3, 0.4) is 0 Å². The van der Waals surface area contributed by atoms with Crippen molar-refractivity contribution in [1.82, 2.24) is 4.57 Å². The van der Waals surface area contributed by atoms with Crippen LogP contribution in [0.5, 0.6) is 0 Å². The highest BCUT2D eigenvalue weighted by Gasteiger charge is 2.16. The second-order valence-electron chi connectivity index (χ2n) is 5.03. The van der Waals surface area contributed by atoms with Gasteiger partial charge >= 0.3 is 5.97 Å². The third-order valence-electron chi connectivity index (χ3n) is 3.41. The maximum atomic E-state index is 13.0. The van der Waals surface area contributed by atoms with Crippen molar-refractivity contribution in [2.24, 2.45) is 4.40 Å². The van der Waals surface area contributed by atoms with Crippen LogP contribution in [0, 0.1) is 5.82 Å². The number of rotatable bonds is 4. The van der Waals surface area contributed by atoms with Crippen LogP contribution in [0.1, 0.15) is 0 Å². The van der Waals surface area contributed by atoms with Crippen molar-refractivity contribution < 1.29 is 22.3 Å². The lowest BCUT2D eigenvalue weighted by atomic mass is 10.3. The Balaban J connectivity index is 2.19. The zero-order valence-corrected chi connectivity index (χ0v) is 14.7. The van der Waals surface area contributed by atoms with E-state index in [1.54, 1.807) is 24.3 Å². The Bertz CT molecular complexity index is 1100. The van der Waals surface area contributed by atoms with Crippen molar-refractivity contribution in [2.45, 2.75) is 11.4 Å². The summed E-state index contributed by atoms with van der Waals surface area (Å²) in [5, 5.41) is 0. The van der Waals surface area contributed by atoms with E-state index in [0.29, 0.717) is 5.52 Å². The average Bonchev–Trinajstić information content (AvgIpc) is 2.92. The minimum absolute atomic E-state index is 0.129. The number of hydrogen-bond donors (Lipinski definition) is 0. The van der Waals surface area contributed by atoms with Crippen LogP contribution in [-0.4, -0.2) is 26.1 Å². The number of thiazole rings is 1. The van der Waals surface area contributed by atoms with E-state index in [2.05, 4.69) is 9.13 Å². The standard InChI is InChI=1S/C16H13FN2O4S2/c1-23-15(20)10-19-13-4-2-3-5-14(13)24-16(19)18-25(21,22)12-8-6-11(17)7-9-12/h2-9H,10H2,1H3. The van der Waals surface area contributed by atoms with Gasteiger partial charge in [0.1, 0.15) is 12.4 Å². The first kappa shape index (κ1) is 17.3. The lowest BCUT2D eigenvalue weighted by molar-refractivity contribution is -0.141. The molecule has 130 valence electrons. The first-order valence-electron chi connectivity index (χ1n) is 7.12. The predicted octanol–water partition coefficient (Wildman–Crippen LogP) is 2.30. The zero-order valence-electron chi connectivity index (χ0n) is 13.0. The van der Waals surface area contributed by atoms with Gasteiger partial charge in [-0.3, -0.25) is 4.79 Å². The van der Waals surface area contributed by atoms with Crippen LogP contribution >= 0.6 is 11.3 Å². The lowest BCUT2D eigenvalue weighted by Gasteiger charge is -2.03. The lowest BCUT2D eigenvalue weighted by Crippen LogP contribution is -2.22. The number of benzene rings is 2. The molecule has 0 fully saturated rings. The molecule has 1 heterocycles. The Hall–Kier alpha value is -2.52. The number of ether oxygens (including phenoxy) is 1. The summed E-state index contributed by atoms with van der Waals surface area (Å²) in [6.07, 6.45) is 0. The highest BCUT2D eigenvalue weighted by molar-refractivity contribution is 7.90. The van der Waals surface area contributed by atoms with Crippen molar-refractivity contribution in [2.75, 3.05) is 7.11 Å². The van der Waals surface area contributed by atoms with Gasteiger partial charge in [-0.25, -0.2) is 4.39 Å². The van der Waals surface area contributed by atoms with E-state index in [4.69, 9.17) is 0 Å². The number of carbonyl (C=O) groups is 1. The normalized spacial score (nSPS) is 12.5. The molecule has 0 aliphatic carbocycles. The summed E-state index contributed by atoms with van der Waals surface area (Å²) in [5.74, 6) is -1.06. The summed E-state index contributed by atoms with van der Waals surface area (Å²) in [7, 11) is -2.79. The van der Waals surface area contributed by atoms with Crippen LogP contribution in [-0.2, 0) is 26.1 Å². The molecule has 0 aliphatic heterocycles. The fourth-order valence-corrected chi connectivity index (χ4v) is 4.43. The third kappa shape index (κ3) is 3.62. The molecule has 0 saturated heterocycles. The Morgan fingerprint density at radius 2 is 1.88 bits per heavy atom. The number of nitrogens with zero attached hydrogens (tertiary/aromatic N) is 2. The molecule has 6 nitrogen and oxygen atoms in total. The van der Waals surface area contributed by atoms with Gasteiger partial charge in [0.25, 0.3) is 10.0 Å². The SMILES string of the molecule is COC(=O)Cn1c(=NS(=O)(=O)c2ccc(F)cc2)sc2ccccc21. The molecular weight excluding hydrogens is 367 g/mol. The van der Waals surface area contributed by atoms with Gasteiger partial charge in [0.2, 0.25) is 4.80 Å². The highest BCUT2D eigenvalue weighted by atomic mass is 32.2. The minimum atomic E-state index is -4.05. The van der Waals surface area contributed by atoms with Crippen molar-refractivity contribution in [1.29, 1.82) is 0 Å². The van der Waals surface area contributed by atoms with Crippen LogP contribution in [0.2, 0.25) is 0 Å². The molecule has 2 aromatic carbocycles. The number of para-hydroxylation sites is 1. The molecule has 0 amide bonds. The minimum Gasteiger partial charge on any atom is -0.468 e. The Morgan fingerprint density at radius 3 is 2.56 bits per heavy atom. The van der Waals surface area contributed by atoms with Gasteiger partial charge in [-0.2, -0.15) is 8.42 Å². The van der Waals surface area contributed by atoms with E-state index in [1.807, 2.05) is 0 Å². The van der Waals surface area contributed by atoms with E-state index in [1.165, 1.54) is 11.7 Å². The summed E-state index contributed by atoms with van der Waals surface area (Å²) in [6, 6.07) is 11.5. The number of sulfonamides is 1. The molecule has 0 aliphatic rings. The molecule has 3 rings (SSSR count). The molecule has 3 aromatic rings. The maximum Gasteiger partial charge on any atom is 0.325 e. The molecule has 0 atom stereocenters. The molecule has 0 bridgehead atoms. The molecule has 1 aromatic heterocycles. The summed E-state index contributed by atoms with van der Waals surface area (Å²) < 4.78 is 48.7. The van der Waals surface area contributed by atoms with Crippen molar-refractivity contribution in [3.63, 3.8) is 0 Å². The summed E-state index contributed by atoms with van der Waals surface area (Å²) >= 11 is 1.14. The molecule has 0 spiro atoms. The first-order valence-corrected chi connectivity index (χ1v) is 9.38. The number of fused-ring (bicyclic) bond motifs is 1. The second kappa shape index (κ2) is 6.77. The van der Waals surface area contributed by atoms with Gasteiger partial charge < -0.3 is 9.30 Å². The number of esters is 1. The van der Waals surface area contributed by atoms with E-state index in [0.717, 1.165) is 40.3 Å². The zero-order chi connectivity index (χ0) is 18.0. The van der Waals surface area contributed by atoms with Gasteiger partial charge in [0, 0.05) is 0 Å². The van der Waals surface area contributed by atoms with Crippen molar-refractivity contribution in [3.05, 3.63) is 59.1 Å². The Kier molecular flexibility index (Phi) is 4.69. The van der Waals surface area contributed by atoms with Gasteiger partial charge in [-0.05, 0) is 36.4 Å². The van der Waals surface area contributed by atoms with Crippen LogP contribution < -0.4 is 4.80 Å². The Labute approximate surface area is 146 Å². The molecule has 0 radical (unpaired) electrons. The summed E-state index contributed by atoms with van der Waals surface area (Å²) in [6.45, 7) is -0.168. The fourth-order valence-electron chi connectivity index (χ4n) is 2.20. The molecular formula is C16H13FN2O4S2. The number of halogens is 1. The monoisotopic (exact) mass is 380 g/mol. The summed E-state index contributed by atoms with van der Waals surface area (Å²) in [5.41, 5.74) is 0.672. The average molecular weight is 380 g/mol. The maximum absolute atomic E-state index is 13.0. The number of methoxy groups -OCH3 is 1. The molecule has 0 unspecified atom stereocenters. The van der Waals surface area contributed by atoms with Crippen LogP contribution in [0.25, 0.3) is 10.2 Å². The van der Waals surface area contributed by atoms with Gasteiger partial charge in [-0.15, -0.1) is 4.40 Å². The van der Waals surface area contributed by atoms with Gasteiger partial charge in [0.15, 0.2) is 0 Å². The van der Waals surface area contributed by atoms with Crippen molar-refractivity contribution in [3.8, 4) is 0 Å². The van der Waals surface area contributed by atoms with Crippen LogP contribution in [0.15, 0.2) is 57.8 Å². The fraction of sp³-hybridized carbons (Fsp3) is 0.125. The van der Waals surface area contributed by atoms with Crippen LogP contribution in [0.4, 0.5) is 4.39 Å². The molecule has 25 heavy (non-hydrogen) atoms. The number of aromatic nitrogens is 1. The smallest absolute Gasteiger partial charge is 0.325 e. The van der Waals surface area contributed by atoms with E-state index in [-0.39, 0.29) is 16.2 Å². The Morgan fingerprint density at radius 1 is 1.20 bits per heavy atom. The molecule has 0 N–H and O–H groups in total. The number of carbonyl (C=O) groups excluding carboxylic acids is 1. The van der Waals surface area contributed by atoms with E-state index in [9.17, 15) is 17.6 Å². The second-order valence-corrected chi connectivity index (χ2v) is 7.65. The van der Waals surface area contributed by atoms with Crippen molar-refractivity contribution >= 4 is 37.5 Å². The predicted molar refractivity (Wildman–Crippen MR) is 91.0 cm³/mol. The first-order chi connectivity index (χ1) is 11.9. The molecule has 0 saturated carbocycles. The van der Waals surface area contributed by atoms with E-state index >= 15 is 0 Å². The van der Waals surface area contributed by atoms with E-state index < -0.39 is 21.8 Å². The highest BCUT2D eigenvalue weighted by Crippen LogP contribution is 2.18. The topological polar surface area (TPSA) is 77.7 Å². The molecule has 9 heteroatoms. The quantitative estimate of drug-likeness (QED) is 0.651.